The number of hydrogen-bond acceptors (Lipinski definition) is 4. The van der Waals surface area contributed by atoms with E-state index in [1.807, 2.05) is 6.20 Å². The quantitative estimate of drug-likeness (QED) is 0.290. The zero-order valence-corrected chi connectivity index (χ0v) is 17.9. The van der Waals surface area contributed by atoms with E-state index in [-0.39, 0.29) is 11.4 Å². The highest BCUT2D eigenvalue weighted by Crippen LogP contribution is 2.28. The molecule has 158 valence electrons. The Bertz CT molecular complexity index is 445. The third-order valence-electron chi connectivity index (χ3n) is 5.70. The molecule has 0 amide bonds. The number of halogens is 1. The fourth-order valence-electron chi connectivity index (χ4n) is 3.75. The molecular weight excluding hydrogens is 362 g/mol. The lowest BCUT2D eigenvalue weighted by Gasteiger charge is -2.26. The molecule has 0 heterocycles. The van der Waals surface area contributed by atoms with E-state index in [4.69, 9.17) is 17.3 Å². The first kappa shape index (κ1) is 24.1. The van der Waals surface area contributed by atoms with Crippen LogP contribution in [0.15, 0.2) is 11.9 Å². The zero-order chi connectivity index (χ0) is 20.1. The van der Waals surface area contributed by atoms with Gasteiger partial charge in [0, 0.05) is 36.4 Å². The Balaban J connectivity index is 2.50. The highest BCUT2D eigenvalue weighted by atomic mass is 35.5. The summed E-state index contributed by atoms with van der Waals surface area (Å²) in [5.41, 5.74) is 6.74. The van der Waals surface area contributed by atoms with Crippen LogP contribution in [0.3, 0.4) is 0 Å². The van der Waals surface area contributed by atoms with Crippen LogP contribution in [0.5, 0.6) is 0 Å². The number of unbranched alkanes of at least 4 members (excludes halogenated alkanes) is 1. The summed E-state index contributed by atoms with van der Waals surface area (Å²) in [5.74, 6) is -0.643. The first-order valence-corrected chi connectivity index (χ1v) is 11.2. The van der Waals surface area contributed by atoms with Crippen molar-refractivity contribution in [3.8, 4) is 0 Å². The lowest BCUT2D eigenvalue weighted by atomic mass is 9.88. The fraction of sp³-hybridized carbons (Fsp3) is 0.857. The molecule has 27 heavy (non-hydrogen) atoms. The lowest BCUT2D eigenvalue weighted by molar-refractivity contribution is -0.142. The van der Waals surface area contributed by atoms with Crippen molar-refractivity contribution in [2.45, 2.75) is 89.5 Å². The van der Waals surface area contributed by atoms with Gasteiger partial charge in [-0.25, -0.2) is 0 Å². The number of alkyl halides is 1. The third-order valence-corrected chi connectivity index (χ3v) is 6.28. The summed E-state index contributed by atoms with van der Waals surface area (Å²) in [5, 5.41) is 16.3. The monoisotopic (exact) mass is 401 g/mol. The molecule has 0 aliphatic heterocycles. The number of rotatable bonds is 12. The Labute approximate surface area is 170 Å². The molecule has 0 aromatic heterocycles. The molecule has 0 saturated heterocycles. The molecule has 0 aromatic rings. The maximum Gasteiger partial charge on any atom is 0.308 e. The molecule has 1 rings (SSSR count). The van der Waals surface area contributed by atoms with Gasteiger partial charge in [-0.2, -0.15) is 0 Å². The maximum absolute atomic E-state index is 11.4. The molecule has 5 nitrogen and oxygen atoms in total. The number of nitrogens with two attached hydrogens (primary N) is 1. The number of carboxylic acids is 1. The van der Waals surface area contributed by atoms with Gasteiger partial charge in [0.15, 0.2) is 0 Å². The van der Waals surface area contributed by atoms with Crippen LogP contribution in [0.25, 0.3) is 0 Å². The van der Waals surface area contributed by atoms with Gasteiger partial charge in [0.05, 0.1) is 5.92 Å². The SMILES string of the molecule is CCCCC(N/C(=C/NCC[C@H]1CCCCCC[C@H]1Cl)CN)[C@H](C)C(=O)O. The number of carbonyl (C=O) groups is 1. The van der Waals surface area contributed by atoms with Crippen LogP contribution in [0.2, 0.25) is 0 Å². The van der Waals surface area contributed by atoms with Gasteiger partial charge in [-0.3, -0.25) is 4.79 Å². The second-order valence-corrected chi connectivity index (χ2v) is 8.46. The summed E-state index contributed by atoms with van der Waals surface area (Å²) in [6, 6.07) is -0.100. The summed E-state index contributed by atoms with van der Waals surface area (Å²) in [6.45, 7) is 5.10. The van der Waals surface area contributed by atoms with Gasteiger partial charge in [0.25, 0.3) is 0 Å². The molecule has 1 unspecified atom stereocenters. The van der Waals surface area contributed by atoms with Crippen molar-refractivity contribution >= 4 is 17.6 Å². The predicted molar refractivity (Wildman–Crippen MR) is 114 cm³/mol. The number of aliphatic carboxylic acids is 1. The first-order chi connectivity index (χ1) is 13.0. The molecule has 0 aromatic carbocycles. The van der Waals surface area contributed by atoms with Crippen molar-refractivity contribution in [2.24, 2.45) is 17.6 Å². The van der Waals surface area contributed by atoms with E-state index in [1.54, 1.807) is 6.92 Å². The number of nitrogens with one attached hydrogen (secondary N) is 2. The van der Waals surface area contributed by atoms with Gasteiger partial charge in [-0.1, -0.05) is 45.4 Å². The summed E-state index contributed by atoms with van der Waals surface area (Å²) in [6.07, 6.45) is 13.4. The largest absolute Gasteiger partial charge is 0.481 e. The molecule has 6 heteroatoms. The van der Waals surface area contributed by atoms with Crippen LogP contribution in [-0.4, -0.2) is 35.6 Å². The summed E-state index contributed by atoms with van der Waals surface area (Å²) < 4.78 is 0. The summed E-state index contributed by atoms with van der Waals surface area (Å²) >= 11 is 6.58. The molecule has 1 aliphatic carbocycles. The Hall–Kier alpha value is -0.940. The highest BCUT2D eigenvalue weighted by molar-refractivity contribution is 6.20. The average molecular weight is 402 g/mol. The van der Waals surface area contributed by atoms with Crippen molar-refractivity contribution in [3.05, 3.63) is 11.9 Å². The van der Waals surface area contributed by atoms with Crippen molar-refractivity contribution in [3.63, 3.8) is 0 Å². The van der Waals surface area contributed by atoms with E-state index in [1.165, 1.54) is 32.1 Å². The van der Waals surface area contributed by atoms with Crippen molar-refractivity contribution in [1.82, 2.24) is 10.6 Å². The standard InChI is InChI=1S/C21H40ClN3O2/c1-3-4-11-20(16(2)21(26)27)25-18(14-23)15-24-13-12-17-9-7-5-6-8-10-19(17)22/h15-17,19-20,24-25H,3-14,23H2,1-2H3,(H,26,27)/b18-15+/t16-,17+,19+,20?/m0/s1. The van der Waals surface area contributed by atoms with E-state index in [2.05, 4.69) is 17.6 Å². The van der Waals surface area contributed by atoms with Gasteiger partial charge in [0.1, 0.15) is 0 Å². The highest BCUT2D eigenvalue weighted by Gasteiger charge is 2.23. The van der Waals surface area contributed by atoms with Gasteiger partial charge >= 0.3 is 5.97 Å². The van der Waals surface area contributed by atoms with Crippen LogP contribution >= 0.6 is 11.6 Å². The molecule has 0 spiro atoms. The first-order valence-electron chi connectivity index (χ1n) is 10.8. The van der Waals surface area contributed by atoms with E-state index < -0.39 is 11.9 Å². The minimum atomic E-state index is -0.773. The Morgan fingerprint density at radius 2 is 2.00 bits per heavy atom. The average Bonchev–Trinajstić information content (AvgIpc) is 2.64. The minimum absolute atomic E-state index is 0.100. The van der Waals surface area contributed by atoms with Gasteiger partial charge in [0.2, 0.25) is 0 Å². The van der Waals surface area contributed by atoms with Crippen LogP contribution in [0, 0.1) is 11.8 Å². The predicted octanol–water partition coefficient (Wildman–Crippen LogP) is 4.21. The molecule has 4 atom stereocenters. The number of carboxylic acid groups (broad SMARTS) is 1. The smallest absolute Gasteiger partial charge is 0.308 e. The Kier molecular flexibility index (Phi) is 12.6. The second-order valence-electron chi connectivity index (χ2n) is 7.90. The molecule has 0 bridgehead atoms. The van der Waals surface area contributed by atoms with Gasteiger partial charge in [-0.15, -0.1) is 11.6 Å². The third kappa shape index (κ3) is 9.70. The minimum Gasteiger partial charge on any atom is -0.481 e. The van der Waals surface area contributed by atoms with E-state index in [0.29, 0.717) is 12.5 Å². The van der Waals surface area contributed by atoms with Crippen LogP contribution in [0.1, 0.15) is 78.1 Å². The molecule has 1 fully saturated rings. The maximum atomic E-state index is 11.4. The summed E-state index contributed by atoms with van der Waals surface area (Å²) in [4.78, 5) is 11.4. The molecule has 1 saturated carbocycles. The van der Waals surface area contributed by atoms with Crippen LogP contribution in [-0.2, 0) is 4.79 Å². The van der Waals surface area contributed by atoms with Crippen molar-refractivity contribution < 1.29 is 9.90 Å². The second kappa shape index (κ2) is 14.1. The van der Waals surface area contributed by atoms with E-state index >= 15 is 0 Å². The van der Waals surface area contributed by atoms with Gasteiger partial charge < -0.3 is 21.5 Å². The Morgan fingerprint density at radius 1 is 1.30 bits per heavy atom. The van der Waals surface area contributed by atoms with Crippen LogP contribution < -0.4 is 16.4 Å². The molecule has 0 radical (unpaired) electrons. The Morgan fingerprint density at radius 3 is 2.63 bits per heavy atom. The zero-order valence-electron chi connectivity index (χ0n) is 17.2. The lowest BCUT2D eigenvalue weighted by Crippen LogP contribution is -2.40. The van der Waals surface area contributed by atoms with Gasteiger partial charge in [-0.05, 0) is 38.5 Å². The van der Waals surface area contributed by atoms with Crippen molar-refractivity contribution in [2.75, 3.05) is 13.1 Å². The molecular formula is C21H40ClN3O2. The van der Waals surface area contributed by atoms with Crippen molar-refractivity contribution in [1.29, 1.82) is 0 Å². The molecule has 1 aliphatic rings. The fourth-order valence-corrected chi connectivity index (χ4v) is 4.15. The normalized spacial score (nSPS) is 23.8. The van der Waals surface area contributed by atoms with E-state index in [9.17, 15) is 9.90 Å². The van der Waals surface area contributed by atoms with Crippen LogP contribution in [0.4, 0.5) is 0 Å². The topological polar surface area (TPSA) is 87.4 Å². The molecule has 5 N–H and O–H groups in total. The number of hydrogen-bond donors (Lipinski definition) is 4. The summed E-state index contributed by atoms with van der Waals surface area (Å²) in [7, 11) is 0. The van der Waals surface area contributed by atoms with E-state index in [0.717, 1.165) is 44.3 Å².